The number of nitrogens with two attached hydrogens (primary N) is 1. The molecule has 0 unspecified atom stereocenters. The van der Waals surface area contributed by atoms with Crippen LogP contribution in [0, 0.1) is 5.82 Å². The lowest BCUT2D eigenvalue weighted by Crippen LogP contribution is -2.09. The summed E-state index contributed by atoms with van der Waals surface area (Å²) in [6.45, 7) is 0. The van der Waals surface area contributed by atoms with Gasteiger partial charge in [-0.1, -0.05) is 6.07 Å². The molecule has 86 valence electrons. The molecule has 0 bridgehead atoms. The fourth-order valence-electron chi connectivity index (χ4n) is 1.09. The highest BCUT2D eigenvalue weighted by Crippen LogP contribution is 2.33. The molecule has 2 N–H and O–H groups in total. The minimum absolute atomic E-state index is 0.312. The Hall–Kier alpha value is -1.85. The normalized spacial score (nSPS) is 12.0. The Morgan fingerprint density at radius 2 is 1.94 bits per heavy atom. The third-order valence-electron chi connectivity index (χ3n) is 1.75. The van der Waals surface area contributed by atoms with Crippen LogP contribution in [0.15, 0.2) is 24.3 Å². The maximum absolute atomic E-state index is 12.7. The number of carbonyl (C=O) groups excluding carboxylic acids is 1. The van der Waals surface area contributed by atoms with Crippen LogP contribution in [0.25, 0.3) is 6.08 Å². The van der Waals surface area contributed by atoms with E-state index >= 15 is 0 Å². The SMILES string of the molecule is NC(=O)/C=C/c1ccc(F)cc1C(F)(F)F. The Balaban J connectivity index is 3.23. The largest absolute Gasteiger partial charge is 0.417 e. The van der Waals surface area contributed by atoms with E-state index in [4.69, 9.17) is 5.73 Å². The maximum atomic E-state index is 12.7. The first-order valence-electron chi connectivity index (χ1n) is 4.15. The molecule has 1 amide bonds. The molecule has 16 heavy (non-hydrogen) atoms. The van der Waals surface area contributed by atoms with E-state index in [1.54, 1.807) is 0 Å². The van der Waals surface area contributed by atoms with Gasteiger partial charge in [-0.05, 0) is 23.8 Å². The van der Waals surface area contributed by atoms with Crippen LogP contribution < -0.4 is 5.73 Å². The first-order valence-corrected chi connectivity index (χ1v) is 4.15. The highest BCUT2D eigenvalue weighted by Gasteiger charge is 2.33. The minimum atomic E-state index is -4.68. The van der Waals surface area contributed by atoms with E-state index in [1.165, 1.54) is 0 Å². The van der Waals surface area contributed by atoms with Gasteiger partial charge in [0.2, 0.25) is 5.91 Å². The molecule has 0 spiro atoms. The molecular formula is C10H7F4NO. The average Bonchev–Trinajstić information content (AvgIpc) is 2.14. The smallest absolute Gasteiger partial charge is 0.366 e. The number of amides is 1. The van der Waals surface area contributed by atoms with Gasteiger partial charge in [0.15, 0.2) is 0 Å². The lowest BCUT2D eigenvalue weighted by Gasteiger charge is -2.09. The van der Waals surface area contributed by atoms with Crippen molar-refractivity contribution in [2.45, 2.75) is 6.18 Å². The Morgan fingerprint density at radius 3 is 2.44 bits per heavy atom. The van der Waals surface area contributed by atoms with Crippen LogP contribution >= 0.6 is 0 Å². The molecular weight excluding hydrogens is 226 g/mol. The van der Waals surface area contributed by atoms with E-state index in [-0.39, 0.29) is 5.56 Å². The van der Waals surface area contributed by atoms with Gasteiger partial charge in [0.05, 0.1) is 5.56 Å². The molecule has 2 nitrogen and oxygen atoms in total. The van der Waals surface area contributed by atoms with Crippen LogP contribution in [0.3, 0.4) is 0 Å². The highest BCUT2D eigenvalue weighted by atomic mass is 19.4. The Morgan fingerprint density at radius 1 is 1.31 bits per heavy atom. The van der Waals surface area contributed by atoms with E-state index in [2.05, 4.69) is 0 Å². The standard InChI is InChI=1S/C10H7F4NO/c11-7-3-1-6(2-4-9(15)16)8(5-7)10(12,13)14/h1-5H,(H2,15,16)/b4-2+. The lowest BCUT2D eigenvalue weighted by atomic mass is 10.1. The van der Waals surface area contributed by atoms with Crippen molar-refractivity contribution in [2.24, 2.45) is 5.73 Å². The van der Waals surface area contributed by atoms with Crippen molar-refractivity contribution < 1.29 is 22.4 Å². The lowest BCUT2D eigenvalue weighted by molar-refractivity contribution is -0.138. The van der Waals surface area contributed by atoms with Crippen molar-refractivity contribution in [3.05, 3.63) is 41.2 Å². The number of carbonyl (C=O) groups is 1. The van der Waals surface area contributed by atoms with Crippen LogP contribution in [-0.2, 0) is 11.0 Å². The van der Waals surface area contributed by atoms with Crippen molar-refractivity contribution in [1.82, 2.24) is 0 Å². The second kappa shape index (κ2) is 4.34. The summed E-state index contributed by atoms with van der Waals surface area (Å²) in [5.41, 5.74) is 3.29. The van der Waals surface area contributed by atoms with Crippen molar-refractivity contribution in [1.29, 1.82) is 0 Å². The number of hydrogen-bond donors (Lipinski definition) is 1. The summed E-state index contributed by atoms with van der Waals surface area (Å²) in [7, 11) is 0. The van der Waals surface area contributed by atoms with Gasteiger partial charge in [-0.3, -0.25) is 4.79 Å². The molecule has 1 rings (SSSR count). The van der Waals surface area contributed by atoms with Crippen LogP contribution in [-0.4, -0.2) is 5.91 Å². The van der Waals surface area contributed by atoms with Crippen LogP contribution in [0.4, 0.5) is 17.6 Å². The third-order valence-corrected chi connectivity index (χ3v) is 1.75. The van der Waals surface area contributed by atoms with E-state index in [0.29, 0.717) is 6.07 Å². The molecule has 0 aliphatic heterocycles. The van der Waals surface area contributed by atoms with Crippen molar-refractivity contribution in [2.75, 3.05) is 0 Å². The van der Waals surface area contributed by atoms with E-state index in [9.17, 15) is 22.4 Å². The molecule has 0 heterocycles. The monoisotopic (exact) mass is 233 g/mol. The molecule has 0 aliphatic carbocycles. The third kappa shape index (κ3) is 3.08. The molecule has 0 radical (unpaired) electrons. The molecule has 1 aromatic rings. The number of halogens is 4. The zero-order valence-corrected chi connectivity index (χ0v) is 7.88. The summed E-state index contributed by atoms with van der Waals surface area (Å²) in [5, 5.41) is 0. The van der Waals surface area contributed by atoms with Gasteiger partial charge < -0.3 is 5.73 Å². The van der Waals surface area contributed by atoms with Crippen LogP contribution in [0.1, 0.15) is 11.1 Å². The highest BCUT2D eigenvalue weighted by molar-refractivity contribution is 5.90. The molecule has 1 aromatic carbocycles. The zero-order valence-electron chi connectivity index (χ0n) is 7.88. The Labute approximate surface area is 88.4 Å². The fourth-order valence-corrected chi connectivity index (χ4v) is 1.09. The number of benzene rings is 1. The zero-order chi connectivity index (χ0) is 12.3. The van der Waals surface area contributed by atoms with Gasteiger partial charge >= 0.3 is 6.18 Å². The Bertz CT molecular complexity index is 437. The molecule has 0 atom stereocenters. The second-order valence-electron chi connectivity index (χ2n) is 2.97. The van der Waals surface area contributed by atoms with Crippen molar-refractivity contribution in [3.8, 4) is 0 Å². The van der Waals surface area contributed by atoms with Gasteiger partial charge in [0.25, 0.3) is 0 Å². The Kier molecular flexibility index (Phi) is 3.31. The summed E-state index contributed by atoms with van der Waals surface area (Å²) in [6.07, 6.45) is -3.01. The predicted octanol–water partition coefficient (Wildman–Crippen LogP) is 2.34. The minimum Gasteiger partial charge on any atom is -0.366 e. The van der Waals surface area contributed by atoms with Gasteiger partial charge in [0.1, 0.15) is 5.82 Å². The summed E-state index contributed by atoms with van der Waals surface area (Å²) in [4.78, 5) is 10.4. The summed E-state index contributed by atoms with van der Waals surface area (Å²) in [6, 6.07) is 2.16. The topological polar surface area (TPSA) is 43.1 Å². The van der Waals surface area contributed by atoms with Crippen molar-refractivity contribution >= 4 is 12.0 Å². The van der Waals surface area contributed by atoms with Gasteiger partial charge in [-0.2, -0.15) is 13.2 Å². The van der Waals surface area contributed by atoms with Crippen LogP contribution in [0.2, 0.25) is 0 Å². The first kappa shape index (κ1) is 12.2. The van der Waals surface area contributed by atoms with E-state index in [0.717, 1.165) is 24.3 Å². The first-order chi connectivity index (χ1) is 7.30. The van der Waals surface area contributed by atoms with Gasteiger partial charge in [0, 0.05) is 6.08 Å². The predicted molar refractivity (Wildman–Crippen MR) is 49.6 cm³/mol. The summed E-state index contributed by atoms with van der Waals surface area (Å²) >= 11 is 0. The van der Waals surface area contributed by atoms with Gasteiger partial charge in [-0.25, -0.2) is 4.39 Å². The van der Waals surface area contributed by atoms with E-state index < -0.39 is 23.5 Å². The maximum Gasteiger partial charge on any atom is 0.417 e. The quantitative estimate of drug-likeness (QED) is 0.618. The van der Waals surface area contributed by atoms with Crippen molar-refractivity contribution in [3.63, 3.8) is 0 Å². The second-order valence-corrected chi connectivity index (χ2v) is 2.97. The number of primary amides is 1. The summed E-state index contributed by atoms with van der Waals surface area (Å²) in [5.74, 6) is -1.87. The van der Waals surface area contributed by atoms with E-state index in [1.807, 2.05) is 0 Å². The molecule has 0 aromatic heterocycles. The molecule has 0 saturated heterocycles. The molecule has 0 saturated carbocycles. The molecule has 6 heteroatoms. The molecule has 0 fully saturated rings. The summed E-state index contributed by atoms with van der Waals surface area (Å²) < 4.78 is 50.0. The number of alkyl halides is 3. The fraction of sp³-hybridized carbons (Fsp3) is 0.100. The van der Waals surface area contributed by atoms with Gasteiger partial charge in [-0.15, -0.1) is 0 Å². The number of hydrogen-bond acceptors (Lipinski definition) is 1. The molecule has 0 aliphatic rings. The van der Waals surface area contributed by atoms with Crippen LogP contribution in [0.5, 0.6) is 0 Å². The average molecular weight is 233 g/mol. The number of rotatable bonds is 2.